The number of imide groups is 1. The number of nitrogens with one attached hydrogen (secondary N) is 1. The van der Waals surface area contributed by atoms with E-state index in [1.165, 1.54) is 0 Å². The van der Waals surface area contributed by atoms with E-state index in [2.05, 4.69) is 10.3 Å². The Balaban J connectivity index is 1.66. The number of benzene rings is 2. The molecule has 7 heteroatoms. The van der Waals surface area contributed by atoms with Crippen LogP contribution >= 0.6 is 0 Å². The Bertz CT molecular complexity index is 1070. The summed E-state index contributed by atoms with van der Waals surface area (Å²) in [5.41, 5.74) is 1.56. The van der Waals surface area contributed by atoms with Crippen molar-refractivity contribution < 1.29 is 18.8 Å². The Hall–Kier alpha value is -3.61. The first kappa shape index (κ1) is 18.7. The van der Waals surface area contributed by atoms with Gasteiger partial charge in [-0.3, -0.25) is 28.7 Å². The van der Waals surface area contributed by atoms with E-state index < -0.39 is 30.4 Å². The Labute approximate surface area is 166 Å². The molecule has 0 saturated heterocycles. The summed E-state index contributed by atoms with van der Waals surface area (Å²) in [4.78, 5) is 43.9. The van der Waals surface area contributed by atoms with Crippen LogP contribution in [0.5, 0.6) is 0 Å². The van der Waals surface area contributed by atoms with Crippen LogP contribution in [0.25, 0.3) is 10.9 Å². The number of carbonyl (C=O) groups is 3. The number of para-hydroxylation sites is 1. The second-order valence-electron chi connectivity index (χ2n) is 6.74. The van der Waals surface area contributed by atoms with Crippen LogP contribution in [0.2, 0.25) is 0 Å². The second-order valence-corrected chi connectivity index (χ2v) is 6.74. The lowest BCUT2D eigenvalue weighted by Crippen LogP contribution is -2.47. The molecule has 0 unspecified atom stereocenters. The van der Waals surface area contributed by atoms with E-state index in [4.69, 9.17) is 0 Å². The highest BCUT2D eigenvalue weighted by atomic mass is 19.1. The third kappa shape index (κ3) is 3.35. The predicted molar refractivity (Wildman–Crippen MR) is 106 cm³/mol. The number of amides is 3. The normalized spacial score (nSPS) is 14.2. The molecule has 4 rings (SSSR count). The van der Waals surface area contributed by atoms with E-state index in [0.29, 0.717) is 11.2 Å². The molecule has 2 heterocycles. The van der Waals surface area contributed by atoms with Crippen molar-refractivity contribution in [2.45, 2.75) is 18.9 Å². The summed E-state index contributed by atoms with van der Waals surface area (Å²) < 4.78 is 12.9. The molecule has 29 heavy (non-hydrogen) atoms. The van der Waals surface area contributed by atoms with Crippen LogP contribution < -0.4 is 5.32 Å². The zero-order chi connectivity index (χ0) is 20.4. The number of anilines is 1. The van der Waals surface area contributed by atoms with Crippen molar-refractivity contribution in [1.82, 2.24) is 9.88 Å². The number of hydrogen-bond donors (Lipinski definition) is 1. The van der Waals surface area contributed by atoms with Gasteiger partial charge >= 0.3 is 0 Å². The fourth-order valence-corrected chi connectivity index (χ4v) is 3.56. The number of carbonyl (C=O) groups excluding carboxylic acids is 3. The molecular formula is C22H18FN3O3. The molecule has 1 aromatic heterocycles. The first-order valence-corrected chi connectivity index (χ1v) is 9.29. The van der Waals surface area contributed by atoms with Gasteiger partial charge in [-0.2, -0.15) is 0 Å². The lowest BCUT2D eigenvalue weighted by molar-refractivity contribution is -0.120. The minimum atomic E-state index is -1.11. The molecule has 146 valence electrons. The maximum atomic E-state index is 13.1. The summed E-state index contributed by atoms with van der Waals surface area (Å²) in [6.07, 6.45) is 1.70. The fourth-order valence-electron chi connectivity index (χ4n) is 3.56. The molecule has 1 atom stereocenters. The first-order chi connectivity index (χ1) is 14.1. The minimum absolute atomic E-state index is 0.0337. The molecule has 0 aliphatic carbocycles. The van der Waals surface area contributed by atoms with Crippen molar-refractivity contribution in [3.8, 4) is 0 Å². The smallest absolute Gasteiger partial charge is 0.262 e. The summed E-state index contributed by atoms with van der Waals surface area (Å²) in [6.45, 7) is -0.650. The van der Waals surface area contributed by atoms with Crippen molar-refractivity contribution in [3.05, 3.63) is 71.9 Å². The SMILES string of the molecule is O=C(Nc1cccc2cccnc12)[C@H](CCCF)N1C(=O)c2ccccc2C1=O. The van der Waals surface area contributed by atoms with Gasteiger partial charge in [-0.25, -0.2) is 0 Å². The zero-order valence-corrected chi connectivity index (χ0v) is 15.5. The van der Waals surface area contributed by atoms with Crippen LogP contribution in [0.3, 0.4) is 0 Å². The van der Waals surface area contributed by atoms with Gasteiger partial charge in [-0.1, -0.05) is 30.3 Å². The second kappa shape index (κ2) is 7.79. The van der Waals surface area contributed by atoms with Gasteiger partial charge in [-0.15, -0.1) is 0 Å². The van der Waals surface area contributed by atoms with Gasteiger partial charge in [-0.05, 0) is 37.1 Å². The number of halogens is 1. The Morgan fingerprint density at radius 2 is 1.69 bits per heavy atom. The third-order valence-electron chi connectivity index (χ3n) is 4.94. The highest BCUT2D eigenvalue weighted by Gasteiger charge is 2.42. The molecule has 0 fully saturated rings. The summed E-state index contributed by atoms with van der Waals surface area (Å²) in [5, 5.41) is 3.61. The zero-order valence-electron chi connectivity index (χ0n) is 15.5. The number of rotatable bonds is 6. The van der Waals surface area contributed by atoms with Crippen LogP contribution in [-0.4, -0.2) is 40.3 Å². The van der Waals surface area contributed by atoms with E-state index >= 15 is 0 Å². The van der Waals surface area contributed by atoms with E-state index in [1.54, 1.807) is 48.7 Å². The van der Waals surface area contributed by atoms with Gasteiger partial charge in [0.2, 0.25) is 5.91 Å². The first-order valence-electron chi connectivity index (χ1n) is 9.29. The van der Waals surface area contributed by atoms with Crippen molar-refractivity contribution in [2.75, 3.05) is 12.0 Å². The van der Waals surface area contributed by atoms with E-state index in [-0.39, 0.29) is 24.0 Å². The topological polar surface area (TPSA) is 79.4 Å². The largest absolute Gasteiger partial charge is 0.322 e. The third-order valence-corrected chi connectivity index (χ3v) is 4.94. The molecule has 3 amide bonds. The minimum Gasteiger partial charge on any atom is -0.322 e. The predicted octanol–water partition coefficient (Wildman–Crippen LogP) is 3.59. The maximum absolute atomic E-state index is 13.1. The average Bonchev–Trinajstić information content (AvgIpc) is 3.00. The highest BCUT2D eigenvalue weighted by Crippen LogP contribution is 2.27. The molecule has 6 nitrogen and oxygen atoms in total. The molecule has 1 aliphatic heterocycles. The number of nitrogens with zero attached hydrogens (tertiary/aromatic N) is 2. The van der Waals surface area contributed by atoms with Crippen molar-refractivity contribution in [3.63, 3.8) is 0 Å². The van der Waals surface area contributed by atoms with Crippen molar-refractivity contribution in [2.24, 2.45) is 0 Å². The van der Waals surface area contributed by atoms with Crippen LogP contribution in [-0.2, 0) is 4.79 Å². The molecule has 2 aromatic carbocycles. The van der Waals surface area contributed by atoms with Gasteiger partial charge in [0.1, 0.15) is 6.04 Å². The van der Waals surface area contributed by atoms with E-state index in [0.717, 1.165) is 10.3 Å². The lowest BCUT2D eigenvalue weighted by Gasteiger charge is -2.25. The monoisotopic (exact) mass is 391 g/mol. The molecule has 0 bridgehead atoms. The molecule has 1 N–H and O–H groups in total. The standard InChI is InChI=1S/C22H18FN3O3/c23-12-4-11-18(26-21(28)15-8-1-2-9-16(15)22(26)29)20(27)25-17-10-3-6-14-7-5-13-24-19(14)17/h1-3,5-10,13,18H,4,11-12H2,(H,25,27)/t18-/m0/s1. The number of aromatic nitrogens is 1. The van der Waals surface area contributed by atoms with Gasteiger partial charge in [0.25, 0.3) is 11.8 Å². The Kier molecular flexibility index (Phi) is 5.03. The summed E-state index contributed by atoms with van der Waals surface area (Å²) in [5.74, 6) is -1.63. The highest BCUT2D eigenvalue weighted by molar-refractivity contribution is 6.23. The fraction of sp³-hybridized carbons (Fsp3) is 0.182. The average molecular weight is 391 g/mol. The van der Waals surface area contributed by atoms with E-state index in [1.807, 2.05) is 12.1 Å². The van der Waals surface area contributed by atoms with E-state index in [9.17, 15) is 18.8 Å². The van der Waals surface area contributed by atoms with Crippen LogP contribution in [0.15, 0.2) is 60.8 Å². The van der Waals surface area contributed by atoms with Crippen LogP contribution in [0, 0.1) is 0 Å². The van der Waals surface area contributed by atoms with Crippen LogP contribution in [0.4, 0.5) is 10.1 Å². The Morgan fingerprint density at radius 3 is 2.38 bits per heavy atom. The summed E-state index contributed by atoms with van der Waals surface area (Å²) >= 11 is 0. The molecule has 1 aliphatic rings. The molecule has 0 saturated carbocycles. The molecular weight excluding hydrogens is 373 g/mol. The molecule has 0 spiro atoms. The van der Waals surface area contributed by atoms with Crippen LogP contribution in [0.1, 0.15) is 33.6 Å². The summed E-state index contributed by atoms with van der Waals surface area (Å²) in [7, 11) is 0. The Morgan fingerprint density at radius 1 is 1.00 bits per heavy atom. The number of hydrogen-bond acceptors (Lipinski definition) is 4. The maximum Gasteiger partial charge on any atom is 0.262 e. The number of pyridine rings is 1. The van der Waals surface area contributed by atoms with Gasteiger partial charge in [0, 0.05) is 11.6 Å². The quantitative estimate of drug-likeness (QED) is 0.652. The van der Waals surface area contributed by atoms with Gasteiger partial charge in [0.05, 0.1) is 29.0 Å². The van der Waals surface area contributed by atoms with Crippen molar-refractivity contribution >= 4 is 34.3 Å². The molecule has 0 radical (unpaired) electrons. The van der Waals surface area contributed by atoms with Gasteiger partial charge in [0.15, 0.2) is 0 Å². The van der Waals surface area contributed by atoms with Gasteiger partial charge < -0.3 is 5.32 Å². The van der Waals surface area contributed by atoms with Crippen molar-refractivity contribution in [1.29, 1.82) is 0 Å². The molecule has 3 aromatic rings. The lowest BCUT2D eigenvalue weighted by atomic mass is 10.1. The summed E-state index contributed by atoms with van der Waals surface area (Å²) in [6, 6.07) is 14.3. The number of fused-ring (bicyclic) bond motifs is 2. The number of alkyl halides is 1.